The molecule has 1 amide bonds. The molecule has 168 valence electrons. The summed E-state index contributed by atoms with van der Waals surface area (Å²) in [5, 5.41) is 5.99. The van der Waals surface area contributed by atoms with Gasteiger partial charge in [-0.05, 0) is 55.5 Å². The van der Waals surface area contributed by atoms with Gasteiger partial charge < -0.3 is 30.3 Å². The van der Waals surface area contributed by atoms with Crippen molar-refractivity contribution in [2.24, 2.45) is 0 Å². The molecule has 0 unspecified atom stereocenters. The number of nitrogens with zero attached hydrogens (tertiary/aromatic N) is 2. The topological polar surface area (TPSA) is 125 Å². The van der Waals surface area contributed by atoms with E-state index in [4.69, 9.17) is 19.6 Å². The predicted octanol–water partition coefficient (Wildman–Crippen LogP) is 4.72. The van der Waals surface area contributed by atoms with Crippen molar-refractivity contribution >= 4 is 28.8 Å². The minimum absolute atomic E-state index is 0.143. The zero-order valence-corrected chi connectivity index (χ0v) is 18.2. The molecule has 0 fully saturated rings. The van der Waals surface area contributed by atoms with Gasteiger partial charge in [0.25, 0.3) is 5.91 Å². The molecule has 0 atom stereocenters. The van der Waals surface area contributed by atoms with E-state index in [2.05, 4.69) is 20.6 Å². The summed E-state index contributed by atoms with van der Waals surface area (Å²) >= 11 is 0. The lowest BCUT2D eigenvalue weighted by Gasteiger charge is -2.15. The van der Waals surface area contributed by atoms with Gasteiger partial charge in [-0.2, -0.15) is 4.98 Å². The van der Waals surface area contributed by atoms with Gasteiger partial charge in [-0.3, -0.25) is 4.79 Å². The van der Waals surface area contributed by atoms with Crippen LogP contribution in [0.2, 0.25) is 0 Å². The number of hydrogen-bond acceptors (Lipinski definition) is 8. The molecule has 4 rings (SSSR count). The number of anilines is 4. The molecule has 33 heavy (non-hydrogen) atoms. The zero-order chi connectivity index (χ0) is 23.2. The van der Waals surface area contributed by atoms with Crippen LogP contribution in [0.4, 0.5) is 22.9 Å². The number of nitrogen functional groups attached to an aromatic ring is 1. The first-order valence-corrected chi connectivity index (χ1v) is 10.2. The second-order valence-electron chi connectivity index (χ2n) is 6.96. The Morgan fingerprint density at radius 3 is 2.45 bits per heavy atom. The maximum absolute atomic E-state index is 12.9. The Kier molecular flexibility index (Phi) is 6.40. The highest BCUT2D eigenvalue weighted by Crippen LogP contribution is 2.29. The molecule has 2 heterocycles. The van der Waals surface area contributed by atoms with Gasteiger partial charge in [-0.1, -0.05) is 0 Å². The number of nitrogens with two attached hydrogens (primary N) is 1. The Hall–Kier alpha value is -4.53. The van der Waals surface area contributed by atoms with Crippen LogP contribution in [0.3, 0.4) is 0 Å². The molecule has 0 saturated heterocycles. The SMILES string of the molecule is CCOc1nc(Nc2ccc(-c3cnco3)cc2)cc(N)c1C(=O)Nc1ccc(OC)cc1. The molecule has 0 aliphatic rings. The summed E-state index contributed by atoms with van der Waals surface area (Å²) in [6.07, 6.45) is 3.03. The third-order valence-electron chi connectivity index (χ3n) is 4.75. The number of carbonyl (C=O) groups excluding carboxylic acids is 1. The second kappa shape index (κ2) is 9.73. The van der Waals surface area contributed by atoms with E-state index in [1.54, 1.807) is 43.6 Å². The monoisotopic (exact) mass is 445 g/mol. The first kappa shape index (κ1) is 21.7. The summed E-state index contributed by atoms with van der Waals surface area (Å²) in [6.45, 7) is 2.13. The first-order chi connectivity index (χ1) is 16.1. The largest absolute Gasteiger partial charge is 0.497 e. The average molecular weight is 445 g/mol. The lowest BCUT2D eigenvalue weighted by Crippen LogP contribution is -2.17. The summed E-state index contributed by atoms with van der Waals surface area (Å²) < 4.78 is 16.1. The van der Waals surface area contributed by atoms with Gasteiger partial charge in [0, 0.05) is 23.0 Å². The van der Waals surface area contributed by atoms with Crippen LogP contribution in [0, 0.1) is 0 Å². The standard InChI is InChI=1S/C24H23N5O4/c1-3-32-24-22(23(30)28-17-8-10-18(31-2)11-9-17)19(25)12-21(29-24)27-16-6-4-15(5-7-16)20-13-26-14-33-20/h4-14H,3H2,1-2H3,(H,28,30)(H3,25,27,29). The van der Waals surface area contributed by atoms with Gasteiger partial charge in [-0.25, -0.2) is 4.98 Å². The lowest BCUT2D eigenvalue weighted by molar-refractivity contribution is 0.102. The Labute approximate surface area is 190 Å². The van der Waals surface area contributed by atoms with Gasteiger partial charge in [0.2, 0.25) is 5.88 Å². The van der Waals surface area contributed by atoms with Crippen molar-refractivity contribution in [1.82, 2.24) is 9.97 Å². The molecule has 0 saturated carbocycles. The summed E-state index contributed by atoms with van der Waals surface area (Å²) in [7, 11) is 1.58. The fourth-order valence-electron chi connectivity index (χ4n) is 3.17. The molecular formula is C24H23N5O4. The molecule has 4 aromatic rings. The highest BCUT2D eigenvalue weighted by Gasteiger charge is 2.20. The number of methoxy groups -OCH3 is 1. The summed E-state index contributed by atoms with van der Waals surface area (Å²) in [4.78, 5) is 21.3. The number of amides is 1. The van der Waals surface area contributed by atoms with Crippen LogP contribution in [0.5, 0.6) is 11.6 Å². The third kappa shape index (κ3) is 5.04. The van der Waals surface area contributed by atoms with Crippen molar-refractivity contribution in [3.63, 3.8) is 0 Å². The van der Waals surface area contributed by atoms with E-state index in [-0.39, 0.29) is 17.1 Å². The average Bonchev–Trinajstić information content (AvgIpc) is 3.35. The molecule has 0 radical (unpaired) electrons. The molecule has 4 N–H and O–H groups in total. The number of benzene rings is 2. The second-order valence-corrected chi connectivity index (χ2v) is 6.96. The van der Waals surface area contributed by atoms with Crippen molar-refractivity contribution in [1.29, 1.82) is 0 Å². The summed E-state index contributed by atoms with van der Waals surface area (Å²) in [6, 6.07) is 16.1. The van der Waals surface area contributed by atoms with Gasteiger partial charge in [0.1, 0.15) is 17.1 Å². The quantitative estimate of drug-likeness (QED) is 0.356. The smallest absolute Gasteiger partial charge is 0.263 e. The zero-order valence-electron chi connectivity index (χ0n) is 18.2. The number of rotatable bonds is 8. The molecule has 2 aromatic heterocycles. The fraction of sp³-hybridized carbons (Fsp3) is 0.125. The highest BCUT2D eigenvalue weighted by molar-refractivity contribution is 6.09. The van der Waals surface area contributed by atoms with Crippen molar-refractivity contribution in [2.45, 2.75) is 6.92 Å². The van der Waals surface area contributed by atoms with Crippen molar-refractivity contribution in [3.05, 3.63) is 72.8 Å². The van der Waals surface area contributed by atoms with E-state index >= 15 is 0 Å². The van der Waals surface area contributed by atoms with Gasteiger partial charge in [0.15, 0.2) is 12.2 Å². The van der Waals surface area contributed by atoms with Gasteiger partial charge in [-0.15, -0.1) is 0 Å². The Morgan fingerprint density at radius 1 is 1.09 bits per heavy atom. The molecule has 0 aliphatic heterocycles. The van der Waals surface area contributed by atoms with E-state index in [1.807, 2.05) is 31.2 Å². The minimum atomic E-state index is -0.420. The van der Waals surface area contributed by atoms with E-state index in [0.29, 0.717) is 29.6 Å². The van der Waals surface area contributed by atoms with E-state index in [0.717, 1.165) is 11.3 Å². The van der Waals surface area contributed by atoms with Crippen molar-refractivity contribution in [3.8, 4) is 23.0 Å². The molecule has 2 aromatic carbocycles. The number of carbonyl (C=O) groups is 1. The van der Waals surface area contributed by atoms with Crippen molar-refractivity contribution in [2.75, 3.05) is 30.1 Å². The summed E-state index contributed by atoms with van der Waals surface area (Å²) in [5.74, 6) is 1.54. The molecule has 0 spiro atoms. The minimum Gasteiger partial charge on any atom is -0.497 e. The maximum atomic E-state index is 12.9. The van der Waals surface area contributed by atoms with Gasteiger partial charge in [0.05, 0.1) is 25.6 Å². The van der Waals surface area contributed by atoms with Crippen LogP contribution in [-0.2, 0) is 0 Å². The highest BCUT2D eigenvalue weighted by atomic mass is 16.5. The fourth-order valence-corrected chi connectivity index (χ4v) is 3.17. The van der Waals surface area contributed by atoms with Crippen LogP contribution in [0.25, 0.3) is 11.3 Å². The maximum Gasteiger partial charge on any atom is 0.263 e. The number of oxazole rings is 1. The van der Waals surface area contributed by atoms with Crippen LogP contribution in [0.1, 0.15) is 17.3 Å². The van der Waals surface area contributed by atoms with Crippen LogP contribution < -0.4 is 25.8 Å². The lowest BCUT2D eigenvalue weighted by atomic mass is 10.1. The first-order valence-electron chi connectivity index (χ1n) is 10.2. The summed E-state index contributed by atoms with van der Waals surface area (Å²) in [5.41, 5.74) is 8.91. The normalized spacial score (nSPS) is 10.5. The third-order valence-corrected chi connectivity index (χ3v) is 4.75. The van der Waals surface area contributed by atoms with Crippen LogP contribution >= 0.6 is 0 Å². The number of nitrogens with one attached hydrogen (secondary N) is 2. The van der Waals surface area contributed by atoms with E-state index in [9.17, 15) is 4.79 Å². The molecule has 9 nitrogen and oxygen atoms in total. The molecule has 9 heteroatoms. The number of pyridine rings is 1. The van der Waals surface area contributed by atoms with E-state index < -0.39 is 5.91 Å². The molecular weight excluding hydrogens is 422 g/mol. The van der Waals surface area contributed by atoms with Crippen molar-refractivity contribution < 1.29 is 18.7 Å². The van der Waals surface area contributed by atoms with Crippen LogP contribution in [-0.4, -0.2) is 29.6 Å². The molecule has 0 bridgehead atoms. The van der Waals surface area contributed by atoms with E-state index in [1.165, 1.54) is 6.39 Å². The number of aromatic nitrogens is 2. The predicted molar refractivity (Wildman–Crippen MR) is 126 cm³/mol. The van der Waals surface area contributed by atoms with Gasteiger partial charge >= 0.3 is 0 Å². The Balaban J connectivity index is 1.55. The Bertz CT molecular complexity index is 1220. The Morgan fingerprint density at radius 2 is 1.82 bits per heavy atom. The molecule has 0 aliphatic carbocycles. The number of hydrogen-bond donors (Lipinski definition) is 3. The number of ether oxygens (including phenoxy) is 2. The van der Waals surface area contributed by atoms with Crippen LogP contribution in [0.15, 0.2) is 71.6 Å².